The van der Waals surface area contributed by atoms with Gasteiger partial charge < -0.3 is 15.4 Å². The third-order valence-electron chi connectivity index (χ3n) is 3.48. The van der Waals surface area contributed by atoms with Crippen LogP contribution in [0, 0.1) is 17.0 Å². The van der Waals surface area contributed by atoms with Gasteiger partial charge in [0.1, 0.15) is 6.54 Å². The summed E-state index contributed by atoms with van der Waals surface area (Å²) in [5.74, 6) is -1.89. The van der Waals surface area contributed by atoms with Gasteiger partial charge >= 0.3 is 5.97 Å². The summed E-state index contributed by atoms with van der Waals surface area (Å²) in [7, 11) is 0. The summed E-state index contributed by atoms with van der Waals surface area (Å²) in [6, 6.07) is 12.5. The van der Waals surface area contributed by atoms with Crippen LogP contribution in [0.1, 0.15) is 15.9 Å². The van der Waals surface area contributed by atoms with Gasteiger partial charge in [0.05, 0.1) is 4.92 Å². The molecule has 140 valence electrons. The second-order valence-electron chi connectivity index (χ2n) is 5.52. The Kier molecular flexibility index (Phi) is 6.59. The van der Waals surface area contributed by atoms with Crippen LogP contribution in [0.3, 0.4) is 0 Å². The minimum Gasteiger partial charge on any atom is -0.454 e. The van der Waals surface area contributed by atoms with Gasteiger partial charge in [-0.15, -0.1) is 0 Å². The SMILES string of the molecule is Cc1ccc(NC(=O)COC(=O)CNC(=O)c2ccccc2)cc1[N+](=O)[O-]. The Bertz CT molecular complexity index is 867. The molecule has 0 aromatic heterocycles. The zero-order valence-electron chi connectivity index (χ0n) is 14.4. The molecule has 0 spiro atoms. The van der Waals surface area contributed by atoms with E-state index in [1.165, 1.54) is 18.2 Å². The van der Waals surface area contributed by atoms with E-state index < -0.39 is 35.9 Å². The van der Waals surface area contributed by atoms with Gasteiger partial charge in [0.2, 0.25) is 0 Å². The van der Waals surface area contributed by atoms with Crippen LogP contribution in [-0.2, 0) is 14.3 Å². The predicted molar refractivity (Wildman–Crippen MR) is 96.2 cm³/mol. The maximum atomic E-state index is 11.8. The fourth-order valence-electron chi connectivity index (χ4n) is 2.12. The van der Waals surface area contributed by atoms with Crippen molar-refractivity contribution in [2.45, 2.75) is 6.92 Å². The summed E-state index contributed by atoms with van der Waals surface area (Å²) in [6.07, 6.45) is 0. The molecule has 0 aliphatic carbocycles. The van der Waals surface area contributed by atoms with Gasteiger partial charge in [0.25, 0.3) is 17.5 Å². The van der Waals surface area contributed by atoms with E-state index in [2.05, 4.69) is 10.6 Å². The molecule has 9 heteroatoms. The number of esters is 1. The summed E-state index contributed by atoms with van der Waals surface area (Å²) in [5.41, 5.74) is 0.932. The quantitative estimate of drug-likeness (QED) is 0.434. The Balaban J connectivity index is 1.78. The van der Waals surface area contributed by atoms with Gasteiger partial charge in [-0.3, -0.25) is 24.5 Å². The largest absolute Gasteiger partial charge is 0.454 e. The second-order valence-corrected chi connectivity index (χ2v) is 5.52. The topological polar surface area (TPSA) is 128 Å². The first-order valence-electron chi connectivity index (χ1n) is 7.90. The molecular formula is C18H17N3O6. The molecule has 2 amide bonds. The standard InChI is InChI=1S/C18H17N3O6/c1-12-7-8-14(9-15(12)21(25)26)20-16(22)11-27-17(23)10-19-18(24)13-5-3-2-4-6-13/h2-9H,10-11H2,1H3,(H,19,24)(H,20,22). The normalized spacial score (nSPS) is 9.96. The van der Waals surface area contributed by atoms with Crippen LogP contribution in [-0.4, -0.2) is 35.9 Å². The number of hydrogen-bond donors (Lipinski definition) is 2. The molecule has 27 heavy (non-hydrogen) atoms. The van der Waals surface area contributed by atoms with Crippen LogP contribution < -0.4 is 10.6 Å². The van der Waals surface area contributed by atoms with Gasteiger partial charge in [-0.05, 0) is 25.1 Å². The van der Waals surface area contributed by atoms with Crippen LogP contribution in [0.4, 0.5) is 11.4 Å². The van der Waals surface area contributed by atoms with Gasteiger partial charge in [0.15, 0.2) is 6.61 Å². The molecule has 0 bridgehead atoms. The smallest absolute Gasteiger partial charge is 0.325 e. The summed E-state index contributed by atoms with van der Waals surface area (Å²) >= 11 is 0. The van der Waals surface area contributed by atoms with Crippen molar-refractivity contribution in [3.05, 3.63) is 69.8 Å². The van der Waals surface area contributed by atoms with E-state index in [0.29, 0.717) is 11.1 Å². The van der Waals surface area contributed by atoms with Crippen molar-refractivity contribution in [1.29, 1.82) is 0 Å². The zero-order chi connectivity index (χ0) is 19.8. The minimum atomic E-state index is -0.788. The van der Waals surface area contributed by atoms with E-state index in [9.17, 15) is 24.5 Å². The fraction of sp³-hybridized carbons (Fsp3) is 0.167. The number of nitro groups is 1. The lowest BCUT2D eigenvalue weighted by Gasteiger charge is -2.08. The predicted octanol–water partition coefficient (Wildman–Crippen LogP) is 1.81. The number of anilines is 1. The lowest BCUT2D eigenvalue weighted by atomic mass is 10.2. The molecular weight excluding hydrogens is 354 g/mol. The fourth-order valence-corrected chi connectivity index (χ4v) is 2.12. The lowest BCUT2D eigenvalue weighted by Crippen LogP contribution is -2.32. The van der Waals surface area contributed by atoms with E-state index in [1.807, 2.05) is 0 Å². The molecule has 2 N–H and O–H groups in total. The lowest BCUT2D eigenvalue weighted by molar-refractivity contribution is -0.385. The molecule has 0 aliphatic heterocycles. The van der Waals surface area contributed by atoms with E-state index in [0.717, 1.165) is 0 Å². The molecule has 0 unspecified atom stereocenters. The Hall–Kier alpha value is -3.75. The maximum Gasteiger partial charge on any atom is 0.325 e. The number of nitrogens with one attached hydrogen (secondary N) is 2. The van der Waals surface area contributed by atoms with Crippen molar-refractivity contribution >= 4 is 29.2 Å². The molecule has 0 fully saturated rings. The molecule has 0 atom stereocenters. The van der Waals surface area contributed by atoms with Crippen molar-refractivity contribution < 1.29 is 24.0 Å². The van der Waals surface area contributed by atoms with Crippen LogP contribution in [0.25, 0.3) is 0 Å². The highest BCUT2D eigenvalue weighted by Crippen LogP contribution is 2.22. The highest BCUT2D eigenvalue weighted by Gasteiger charge is 2.14. The van der Waals surface area contributed by atoms with Crippen molar-refractivity contribution in [2.24, 2.45) is 0 Å². The van der Waals surface area contributed by atoms with Crippen molar-refractivity contribution in [1.82, 2.24) is 5.32 Å². The number of nitrogens with zero attached hydrogens (tertiary/aromatic N) is 1. The van der Waals surface area contributed by atoms with E-state index in [1.54, 1.807) is 37.3 Å². The second kappa shape index (κ2) is 9.09. The molecule has 0 heterocycles. The van der Waals surface area contributed by atoms with Crippen molar-refractivity contribution in [3.63, 3.8) is 0 Å². The average Bonchev–Trinajstić information content (AvgIpc) is 2.66. The number of nitro benzene ring substituents is 1. The number of ether oxygens (including phenoxy) is 1. The van der Waals surface area contributed by atoms with Gasteiger partial charge in [-0.1, -0.05) is 24.3 Å². The average molecular weight is 371 g/mol. The highest BCUT2D eigenvalue weighted by molar-refractivity contribution is 5.96. The van der Waals surface area contributed by atoms with E-state index in [4.69, 9.17) is 4.74 Å². The first-order chi connectivity index (χ1) is 12.9. The number of benzene rings is 2. The number of hydrogen-bond acceptors (Lipinski definition) is 6. The molecule has 0 radical (unpaired) electrons. The molecule has 0 saturated heterocycles. The van der Waals surface area contributed by atoms with Gasteiger partial charge in [-0.25, -0.2) is 0 Å². The zero-order valence-corrected chi connectivity index (χ0v) is 14.4. The van der Waals surface area contributed by atoms with E-state index >= 15 is 0 Å². The number of aryl methyl sites for hydroxylation is 1. The summed E-state index contributed by atoms with van der Waals surface area (Å²) in [5, 5.41) is 15.7. The number of carbonyl (C=O) groups excluding carboxylic acids is 3. The van der Waals surface area contributed by atoms with Crippen LogP contribution in [0.15, 0.2) is 48.5 Å². The minimum absolute atomic E-state index is 0.131. The summed E-state index contributed by atoms with van der Waals surface area (Å²) in [4.78, 5) is 45.5. The Morgan fingerprint density at radius 2 is 1.81 bits per heavy atom. The van der Waals surface area contributed by atoms with Crippen molar-refractivity contribution in [3.8, 4) is 0 Å². The summed E-state index contributed by atoms with van der Waals surface area (Å²) < 4.78 is 4.76. The molecule has 2 rings (SSSR count). The molecule has 2 aromatic carbocycles. The molecule has 0 aliphatic rings. The van der Waals surface area contributed by atoms with Gasteiger partial charge in [-0.2, -0.15) is 0 Å². The number of rotatable bonds is 7. The third-order valence-corrected chi connectivity index (χ3v) is 3.48. The van der Waals surface area contributed by atoms with Crippen molar-refractivity contribution in [2.75, 3.05) is 18.5 Å². The maximum absolute atomic E-state index is 11.8. The summed E-state index contributed by atoms with van der Waals surface area (Å²) in [6.45, 7) is 0.605. The monoisotopic (exact) mass is 371 g/mol. The van der Waals surface area contributed by atoms with Crippen LogP contribution >= 0.6 is 0 Å². The first-order valence-corrected chi connectivity index (χ1v) is 7.90. The Morgan fingerprint density at radius 1 is 1.11 bits per heavy atom. The van der Waals surface area contributed by atoms with E-state index in [-0.39, 0.29) is 11.4 Å². The highest BCUT2D eigenvalue weighted by atomic mass is 16.6. The van der Waals surface area contributed by atoms with Gasteiger partial charge in [0, 0.05) is 22.9 Å². The molecule has 0 saturated carbocycles. The van der Waals surface area contributed by atoms with Crippen LogP contribution in [0.5, 0.6) is 0 Å². The van der Waals surface area contributed by atoms with Crippen LogP contribution in [0.2, 0.25) is 0 Å². The molecule has 2 aromatic rings. The third kappa shape index (κ3) is 5.92. The number of amides is 2. The Labute approximate surface area is 154 Å². The Morgan fingerprint density at radius 3 is 2.48 bits per heavy atom. The first kappa shape index (κ1) is 19.6. The molecule has 9 nitrogen and oxygen atoms in total. The number of carbonyl (C=O) groups is 3.